The fourth-order valence-corrected chi connectivity index (χ4v) is 2.55. The van der Waals surface area contributed by atoms with E-state index in [1.807, 2.05) is 41.8 Å². The molecule has 0 aliphatic carbocycles. The Morgan fingerprint density at radius 3 is 3.04 bits per heavy atom. The SMILES string of the molecule is Cc1cccn2c(C=C(C#N)c3nc4ncccc4[nH]3)cnc12. The van der Waals surface area contributed by atoms with Crippen molar-refractivity contribution in [3.63, 3.8) is 0 Å². The smallest absolute Gasteiger partial charge is 0.178 e. The summed E-state index contributed by atoms with van der Waals surface area (Å²) in [6.45, 7) is 2.01. The van der Waals surface area contributed by atoms with Gasteiger partial charge in [0, 0.05) is 12.4 Å². The molecule has 6 heteroatoms. The molecule has 0 bridgehead atoms. The summed E-state index contributed by atoms with van der Waals surface area (Å²) in [4.78, 5) is 16.1. The third-order valence-electron chi connectivity index (χ3n) is 3.68. The van der Waals surface area contributed by atoms with Gasteiger partial charge in [-0.1, -0.05) is 6.07 Å². The van der Waals surface area contributed by atoms with Crippen LogP contribution in [0.15, 0.2) is 42.9 Å². The van der Waals surface area contributed by atoms with E-state index in [4.69, 9.17) is 0 Å². The van der Waals surface area contributed by atoms with Crippen LogP contribution in [0.4, 0.5) is 0 Å². The maximum atomic E-state index is 9.50. The highest BCUT2D eigenvalue weighted by Gasteiger charge is 2.10. The Morgan fingerprint density at radius 1 is 1.30 bits per heavy atom. The van der Waals surface area contributed by atoms with Gasteiger partial charge < -0.3 is 9.38 Å². The largest absolute Gasteiger partial charge is 0.336 e. The van der Waals surface area contributed by atoms with E-state index in [1.54, 1.807) is 18.5 Å². The second-order valence-corrected chi connectivity index (χ2v) is 5.20. The van der Waals surface area contributed by atoms with Crippen molar-refractivity contribution in [3.8, 4) is 6.07 Å². The van der Waals surface area contributed by atoms with Gasteiger partial charge in [-0.2, -0.15) is 5.26 Å². The fourth-order valence-electron chi connectivity index (χ4n) is 2.55. The molecule has 4 aromatic heterocycles. The van der Waals surface area contributed by atoms with Gasteiger partial charge in [-0.15, -0.1) is 0 Å². The molecule has 23 heavy (non-hydrogen) atoms. The first-order valence-corrected chi connectivity index (χ1v) is 7.12. The van der Waals surface area contributed by atoms with E-state index in [2.05, 4.69) is 26.0 Å². The fraction of sp³-hybridized carbons (Fsp3) is 0.0588. The number of aromatic nitrogens is 5. The molecule has 110 valence electrons. The molecule has 0 atom stereocenters. The van der Waals surface area contributed by atoms with Gasteiger partial charge in [-0.3, -0.25) is 0 Å². The highest BCUT2D eigenvalue weighted by atomic mass is 15.0. The lowest BCUT2D eigenvalue weighted by Crippen LogP contribution is -1.90. The van der Waals surface area contributed by atoms with Gasteiger partial charge in [-0.25, -0.2) is 15.0 Å². The van der Waals surface area contributed by atoms with E-state index < -0.39 is 0 Å². The maximum absolute atomic E-state index is 9.50. The van der Waals surface area contributed by atoms with Crippen molar-refractivity contribution in [2.45, 2.75) is 6.92 Å². The lowest BCUT2D eigenvalue weighted by molar-refractivity contribution is 1.15. The number of allylic oxidation sites excluding steroid dienone is 1. The van der Waals surface area contributed by atoms with E-state index in [-0.39, 0.29) is 0 Å². The molecular formula is C17H12N6. The van der Waals surface area contributed by atoms with E-state index in [9.17, 15) is 5.26 Å². The minimum absolute atomic E-state index is 0.436. The zero-order valence-electron chi connectivity index (χ0n) is 12.4. The van der Waals surface area contributed by atoms with Crippen LogP contribution in [0.5, 0.6) is 0 Å². The van der Waals surface area contributed by atoms with Gasteiger partial charge in [0.05, 0.1) is 23.0 Å². The lowest BCUT2D eigenvalue weighted by atomic mass is 10.2. The summed E-state index contributed by atoms with van der Waals surface area (Å²) in [7, 11) is 0. The standard InChI is InChI=1S/C17H12N6/c1-11-4-3-7-23-13(10-20-17(11)23)8-12(9-18)15-21-14-5-2-6-19-16(14)22-15/h2-8,10H,1H3,(H,19,21,22). The minimum atomic E-state index is 0.436. The molecule has 0 saturated carbocycles. The number of pyridine rings is 2. The number of nitrogens with zero attached hydrogens (tertiary/aromatic N) is 5. The van der Waals surface area contributed by atoms with Gasteiger partial charge in [0.25, 0.3) is 0 Å². The Hall–Kier alpha value is -3.46. The molecule has 0 spiro atoms. The normalized spacial score (nSPS) is 11.9. The molecule has 4 aromatic rings. The molecule has 0 unspecified atom stereocenters. The average molecular weight is 300 g/mol. The predicted octanol–water partition coefficient (Wildman–Crippen LogP) is 2.98. The second-order valence-electron chi connectivity index (χ2n) is 5.20. The highest BCUT2D eigenvalue weighted by molar-refractivity contribution is 5.89. The molecule has 0 radical (unpaired) electrons. The minimum Gasteiger partial charge on any atom is -0.336 e. The third-order valence-corrected chi connectivity index (χ3v) is 3.68. The van der Waals surface area contributed by atoms with Crippen LogP contribution < -0.4 is 0 Å². The Labute approximate surface area is 131 Å². The van der Waals surface area contributed by atoms with Crippen LogP contribution in [0.2, 0.25) is 0 Å². The monoisotopic (exact) mass is 300 g/mol. The van der Waals surface area contributed by atoms with Crippen LogP contribution in [-0.4, -0.2) is 24.3 Å². The molecule has 0 aliphatic rings. The van der Waals surface area contributed by atoms with Crippen molar-refractivity contribution in [2.24, 2.45) is 0 Å². The first kappa shape index (κ1) is 13.2. The van der Waals surface area contributed by atoms with E-state index in [0.29, 0.717) is 17.0 Å². The van der Waals surface area contributed by atoms with Crippen LogP contribution in [0, 0.1) is 18.3 Å². The van der Waals surface area contributed by atoms with Crippen LogP contribution in [0.1, 0.15) is 17.1 Å². The number of nitriles is 1. The zero-order chi connectivity index (χ0) is 15.8. The first-order chi connectivity index (χ1) is 11.3. The summed E-state index contributed by atoms with van der Waals surface area (Å²) in [5, 5.41) is 9.50. The molecule has 4 heterocycles. The van der Waals surface area contributed by atoms with Crippen LogP contribution in [-0.2, 0) is 0 Å². The van der Waals surface area contributed by atoms with Gasteiger partial charge in [0.1, 0.15) is 11.7 Å². The van der Waals surface area contributed by atoms with Crippen molar-refractivity contribution >= 4 is 28.5 Å². The Kier molecular flexibility index (Phi) is 2.91. The number of fused-ring (bicyclic) bond motifs is 2. The summed E-state index contributed by atoms with van der Waals surface area (Å²) in [6.07, 6.45) is 7.13. The molecule has 0 saturated heterocycles. The van der Waals surface area contributed by atoms with Gasteiger partial charge in [0.15, 0.2) is 11.5 Å². The number of rotatable bonds is 2. The Morgan fingerprint density at radius 2 is 2.22 bits per heavy atom. The summed E-state index contributed by atoms with van der Waals surface area (Å²) in [5.41, 5.74) is 4.62. The number of hydrogen-bond acceptors (Lipinski definition) is 4. The quantitative estimate of drug-likeness (QED) is 0.577. The van der Waals surface area contributed by atoms with Crippen LogP contribution in [0.3, 0.4) is 0 Å². The number of H-pyrrole nitrogens is 1. The third kappa shape index (κ3) is 2.15. The number of hydrogen-bond donors (Lipinski definition) is 1. The summed E-state index contributed by atoms with van der Waals surface area (Å²) in [5.74, 6) is 0.504. The Balaban J connectivity index is 1.87. The number of nitrogens with one attached hydrogen (secondary N) is 1. The van der Waals surface area contributed by atoms with Crippen molar-refractivity contribution in [1.29, 1.82) is 5.26 Å². The molecule has 1 N–H and O–H groups in total. The summed E-state index contributed by atoms with van der Waals surface area (Å²) in [6, 6.07) is 9.87. The van der Waals surface area contributed by atoms with Crippen molar-refractivity contribution in [1.82, 2.24) is 24.3 Å². The van der Waals surface area contributed by atoms with E-state index >= 15 is 0 Å². The molecule has 6 nitrogen and oxygen atoms in total. The molecule has 0 aliphatic heterocycles. The number of imidazole rings is 2. The van der Waals surface area contributed by atoms with Crippen LogP contribution in [0.25, 0.3) is 28.5 Å². The van der Waals surface area contributed by atoms with Gasteiger partial charge >= 0.3 is 0 Å². The second kappa shape index (κ2) is 5.07. The summed E-state index contributed by atoms with van der Waals surface area (Å²) >= 11 is 0. The lowest BCUT2D eigenvalue weighted by Gasteiger charge is -1.99. The van der Waals surface area contributed by atoms with E-state index in [0.717, 1.165) is 22.4 Å². The van der Waals surface area contributed by atoms with E-state index in [1.165, 1.54) is 0 Å². The molecule has 0 aromatic carbocycles. The molecular weight excluding hydrogens is 288 g/mol. The Bertz CT molecular complexity index is 1060. The highest BCUT2D eigenvalue weighted by Crippen LogP contribution is 2.19. The maximum Gasteiger partial charge on any atom is 0.178 e. The molecule has 0 amide bonds. The van der Waals surface area contributed by atoms with Crippen molar-refractivity contribution < 1.29 is 0 Å². The molecule has 4 rings (SSSR count). The summed E-state index contributed by atoms with van der Waals surface area (Å²) < 4.78 is 1.95. The zero-order valence-corrected chi connectivity index (χ0v) is 12.4. The average Bonchev–Trinajstić information content (AvgIpc) is 3.17. The van der Waals surface area contributed by atoms with Gasteiger partial charge in [0.2, 0.25) is 0 Å². The number of aromatic amines is 1. The topological polar surface area (TPSA) is 82.7 Å². The predicted molar refractivity (Wildman–Crippen MR) is 87.3 cm³/mol. The number of aryl methyl sites for hydroxylation is 1. The first-order valence-electron chi connectivity index (χ1n) is 7.12. The van der Waals surface area contributed by atoms with Crippen molar-refractivity contribution in [3.05, 3.63) is 59.9 Å². The van der Waals surface area contributed by atoms with Crippen LogP contribution >= 0.6 is 0 Å². The van der Waals surface area contributed by atoms with Crippen molar-refractivity contribution in [2.75, 3.05) is 0 Å². The van der Waals surface area contributed by atoms with Gasteiger partial charge in [-0.05, 0) is 36.8 Å². The molecule has 0 fully saturated rings.